The van der Waals surface area contributed by atoms with E-state index in [1.165, 1.54) is 44.9 Å². The van der Waals surface area contributed by atoms with E-state index in [1.54, 1.807) is 31.2 Å². The molecule has 1 aliphatic rings. The highest BCUT2D eigenvalue weighted by molar-refractivity contribution is 6.26. The zero-order chi connectivity index (χ0) is 21.1. The smallest absolute Gasteiger partial charge is 0.311 e. The number of ether oxygens (including phenoxy) is 1. The Bertz CT molecular complexity index is 745. The maximum Gasteiger partial charge on any atom is 0.311 e. The van der Waals surface area contributed by atoms with Crippen LogP contribution in [0.4, 0.5) is 0 Å². The fraction of sp³-hybridized carbons (Fsp3) is 0.560. The van der Waals surface area contributed by atoms with Crippen molar-refractivity contribution < 1.29 is 19.1 Å². The van der Waals surface area contributed by atoms with Crippen LogP contribution in [0, 0.1) is 0 Å². The van der Waals surface area contributed by atoms with E-state index in [1.807, 2.05) is 0 Å². The number of benzene rings is 1. The van der Waals surface area contributed by atoms with Gasteiger partial charge in [0.2, 0.25) is 5.78 Å². The van der Waals surface area contributed by atoms with Gasteiger partial charge in [0.1, 0.15) is 0 Å². The number of carbonyl (C=O) groups excluding carboxylic acids is 3. The van der Waals surface area contributed by atoms with Crippen molar-refractivity contribution in [3.8, 4) is 0 Å². The average molecular weight is 399 g/mol. The van der Waals surface area contributed by atoms with E-state index >= 15 is 0 Å². The summed E-state index contributed by atoms with van der Waals surface area (Å²) in [4.78, 5) is 37.6. The van der Waals surface area contributed by atoms with Crippen LogP contribution < -0.4 is 0 Å². The van der Waals surface area contributed by atoms with Gasteiger partial charge in [-0.3, -0.25) is 14.4 Å². The minimum absolute atomic E-state index is 0.0588. The predicted molar refractivity (Wildman–Crippen MR) is 115 cm³/mol. The molecule has 0 heterocycles. The zero-order valence-corrected chi connectivity index (χ0v) is 17.9. The molecule has 0 radical (unpaired) electrons. The Morgan fingerprint density at radius 2 is 1.28 bits per heavy atom. The first-order valence-electron chi connectivity index (χ1n) is 11.2. The van der Waals surface area contributed by atoms with Gasteiger partial charge in [-0.25, -0.2) is 0 Å². The Hall–Kier alpha value is -2.23. The monoisotopic (exact) mass is 398 g/mol. The fourth-order valence-corrected chi connectivity index (χ4v) is 3.71. The maximum atomic E-state index is 12.9. The van der Waals surface area contributed by atoms with Crippen molar-refractivity contribution in [3.63, 3.8) is 0 Å². The number of fused-ring (bicyclic) bond motifs is 1. The summed E-state index contributed by atoms with van der Waals surface area (Å²) in [7, 11) is 0. The van der Waals surface area contributed by atoms with Crippen LogP contribution in [0.15, 0.2) is 35.6 Å². The summed E-state index contributed by atoms with van der Waals surface area (Å²) in [6.45, 7) is 3.90. The van der Waals surface area contributed by atoms with Crippen LogP contribution in [0.3, 0.4) is 0 Å². The highest BCUT2D eigenvalue weighted by Gasteiger charge is 2.33. The third-order valence-corrected chi connectivity index (χ3v) is 5.46. The van der Waals surface area contributed by atoms with Crippen LogP contribution >= 0.6 is 0 Å². The van der Waals surface area contributed by atoms with E-state index in [2.05, 4.69) is 6.92 Å². The van der Waals surface area contributed by atoms with Gasteiger partial charge in [-0.05, 0) is 12.8 Å². The van der Waals surface area contributed by atoms with Crippen LogP contribution in [0.5, 0.6) is 0 Å². The molecule has 1 aliphatic carbocycles. The molecule has 0 amide bonds. The number of allylic oxidation sites excluding steroid dienone is 2. The molecule has 0 fully saturated rings. The predicted octanol–water partition coefficient (Wildman–Crippen LogP) is 6.58. The molecule has 0 aromatic heterocycles. The van der Waals surface area contributed by atoms with Crippen LogP contribution in [-0.2, 0) is 9.53 Å². The largest absolute Gasteiger partial charge is 0.422 e. The first-order chi connectivity index (χ1) is 14.1. The molecule has 0 atom stereocenters. The van der Waals surface area contributed by atoms with Gasteiger partial charge in [-0.2, -0.15) is 0 Å². The Morgan fingerprint density at radius 1 is 0.759 bits per heavy atom. The van der Waals surface area contributed by atoms with Crippen LogP contribution in [0.2, 0.25) is 0 Å². The second-order valence-electron chi connectivity index (χ2n) is 7.77. The maximum absolute atomic E-state index is 12.9. The number of hydrogen-bond acceptors (Lipinski definition) is 4. The van der Waals surface area contributed by atoms with Crippen molar-refractivity contribution in [2.75, 3.05) is 0 Å². The Morgan fingerprint density at radius 3 is 1.83 bits per heavy atom. The summed E-state index contributed by atoms with van der Waals surface area (Å²) in [5, 5.41) is 0. The standard InChI is InChI=1S/C25H34O4/c1-3-5-6-7-8-9-10-11-12-13-18-21-23(27)19-16-14-15-17-20(19)24(28)25(21)29-22(26)4-2/h14-17H,3-13,18H2,1-2H3. The molecule has 29 heavy (non-hydrogen) atoms. The molecule has 4 heteroatoms. The molecule has 0 N–H and O–H groups in total. The van der Waals surface area contributed by atoms with E-state index in [-0.39, 0.29) is 23.7 Å². The van der Waals surface area contributed by atoms with E-state index in [9.17, 15) is 14.4 Å². The molecular formula is C25H34O4. The molecule has 0 unspecified atom stereocenters. The molecule has 158 valence electrons. The highest BCUT2D eigenvalue weighted by Crippen LogP contribution is 2.30. The Labute approximate surface area is 174 Å². The SMILES string of the molecule is CCCCCCCCCCCCC1=C(OC(=O)CC)C(=O)c2ccccc2C1=O. The number of ketones is 2. The normalized spacial score (nSPS) is 13.6. The van der Waals surface area contributed by atoms with Crippen molar-refractivity contribution in [2.24, 2.45) is 0 Å². The summed E-state index contributed by atoms with van der Waals surface area (Å²) in [6, 6.07) is 6.76. The minimum Gasteiger partial charge on any atom is -0.422 e. The van der Waals surface area contributed by atoms with Crippen LogP contribution in [0.25, 0.3) is 0 Å². The van der Waals surface area contributed by atoms with Gasteiger partial charge in [0.25, 0.3) is 0 Å². The van der Waals surface area contributed by atoms with Crippen molar-refractivity contribution in [1.29, 1.82) is 0 Å². The number of Topliss-reactive ketones (excluding diaryl/α,β-unsaturated/α-hetero) is 2. The number of esters is 1. The van der Waals surface area contributed by atoms with E-state index in [0.29, 0.717) is 23.1 Å². The van der Waals surface area contributed by atoms with E-state index < -0.39 is 5.97 Å². The van der Waals surface area contributed by atoms with Gasteiger partial charge in [0, 0.05) is 23.1 Å². The molecule has 1 aromatic rings. The minimum atomic E-state index is -0.485. The number of carbonyl (C=O) groups is 3. The second kappa shape index (κ2) is 12.4. The van der Waals surface area contributed by atoms with Gasteiger partial charge in [-0.1, -0.05) is 95.9 Å². The molecule has 4 nitrogen and oxygen atoms in total. The Kier molecular flexibility index (Phi) is 9.82. The number of rotatable bonds is 13. The molecule has 1 aromatic carbocycles. The Balaban J connectivity index is 1.91. The topological polar surface area (TPSA) is 60.4 Å². The van der Waals surface area contributed by atoms with E-state index in [4.69, 9.17) is 4.74 Å². The summed E-state index contributed by atoms with van der Waals surface area (Å²) in [5.74, 6) is -1.09. The lowest BCUT2D eigenvalue weighted by Crippen LogP contribution is -2.25. The molecular weight excluding hydrogens is 364 g/mol. The van der Waals surface area contributed by atoms with Gasteiger partial charge in [0.15, 0.2) is 11.5 Å². The third-order valence-electron chi connectivity index (χ3n) is 5.46. The third kappa shape index (κ3) is 6.66. The van der Waals surface area contributed by atoms with E-state index in [0.717, 1.165) is 19.3 Å². The first kappa shape index (κ1) is 23.1. The van der Waals surface area contributed by atoms with Crippen LogP contribution in [-0.4, -0.2) is 17.5 Å². The number of hydrogen-bond donors (Lipinski definition) is 0. The quantitative estimate of drug-likeness (QED) is 0.278. The average Bonchev–Trinajstić information content (AvgIpc) is 2.74. The zero-order valence-electron chi connectivity index (χ0n) is 17.9. The summed E-state index contributed by atoms with van der Waals surface area (Å²) in [5.41, 5.74) is 1.09. The molecule has 0 bridgehead atoms. The lowest BCUT2D eigenvalue weighted by molar-refractivity contribution is -0.138. The molecule has 0 spiro atoms. The van der Waals surface area contributed by atoms with Gasteiger partial charge < -0.3 is 4.74 Å². The summed E-state index contributed by atoms with van der Waals surface area (Å²) in [6.07, 6.45) is 12.6. The lowest BCUT2D eigenvalue weighted by atomic mass is 9.86. The highest BCUT2D eigenvalue weighted by atomic mass is 16.5. The summed E-state index contributed by atoms with van der Waals surface area (Å²) < 4.78 is 5.31. The first-order valence-corrected chi connectivity index (χ1v) is 11.2. The fourth-order valence-electron chi connectivity index (χ4n) is 3.71. The number of unbranched alkanes of at least 4 members (excludes halogenated alkanes) is 9. The lowest BCUT2D eigenvalue weighted by Gasteiger charge is -2.20. The molecule has 2 rings (SSSR count). The van der Waals surface area contributed by atoms with Crippen molar-refractivity contribution in [3.05, 3.63) is 46.7 Å². The van der Waals surface area contributed by atoms with Crippen molar-refractivity contribution >= 4 is 17.5 Å². The molecule has 0 saturated heterocycles. The molecule has 0 saturated carbocycles. The van der Waals surface area contributed by atoms with Crippen LogP contribution in [0.1, 0.15) is 112 Å². The molecule has 0 aliphatic heterocycles. The van der Waals surface area contributed by atoms with Crippen molar-refractivity contribution in [2.45, 2.75) is 90.9 Å². The van der Waals surface area contributed by atoms with Gasteiger partial charge >= 0.3 is 5.97 Å². The van der Waals surface area contributed by atoms with Gasteiger partial charge in [0.05, 0.1) is 0 Å². The second-order valence-corrected chi connectivity index (χ2v) is 7.77. The van der Waals surface area contributed by atoms with Crippen molar-refractivity contribution in [1.82, 2.24) is 0 Å². The van der Waals surface area contributed by atoms with Gasteiger partial charge in [-0.15, -0.1) is 0 Å². The summed E-state index contributed by atoms with van der Waals surface area (Å²) >= 11 is 0.